The zero-order chi connectivity index (χ0) is 27.0. The summed E-state index contributed by atoms with van der Waals surface area (Å²) >= 11 is 0. The van der Waals surface area contributed by atoms with E-state index < -0.39 is 46.1 Å². The highest BCUT2D eigenvalue weighted by Crippen LogP contribution is 2.25. The molecule has 3 aromatic carbocycles. The van der Waals surface area contributed by atoms with Crippen LogP contribution in [0, 0.1) is 11.6 Å². The smallest absolute Gasteiger partial charge is 0.264 e. The van der Waals surface area contributed by atoms with E-state index in [1.54, 1.807) is 24.3 Å². The maximum atomic E-state index is 14.5. The Morgan fingerprint density at radius 3 is 2.16 bits per heavy atom. The van der Waals surface area contributed by atoms with Gasteiger partial charge in [-0.15, -0.1) is 0 Å². The van der Waals surface area contributed by atoms with Gasteiger partial charge in [-0.1, -0.05) is 43.3 Å². The van der Waals surface area contributed by atoms with Gasteiger partial charge in [-0.05, 0) is 55.8 Å². The van der Waals surface area contributed by atoms with Crippen LogP contribution in [-0.4, -0.2) is 44.3 Å². The Labute approximate surface area is 215 Å². The molecule has 37 heavy (non-hydrogen) atoms. The zero-order valence-corrected chi connectivity index (χ0v) is 21.4. The minimum Gasteiger partial charge on any atom is -0.354 e. The van der Waals surface area contributed by atoms with Gasteiger partial charge in [0.25, 0.3) is 10.0 Å². The van der Waals surface area contributed by atoms with Gasteiger partial charge in [0.05, 0.1) is 10.6 Å². The molecule has 196 valence electrons. The minimum atomic E-state index is -4.25. The van der Waals surface area contributed by atoms with Crippen molar-refractivity contribution in [2.75, 3.05) is 17.4 Å². The second-order valence-corrected chi connectivity index (χ2v) is 10.2. The topological polar surface area (TPSA) is 86.8 Å². The van der Waals surface area contributed by atoms with E-state index in [-0.39, 0.29) is 22.7 Å². The number of hydrogen-bond acceptors (Lipinski definition) is 4. The second-order valence-electron chi connectivity index (χ2n) is 8.38. The van der Waals surface area contributed by atoms with Crippen molar-refractivity contribution >= 4 is 27.5 Å². The fourth-order valence-electron chi connectivity index (χ4n) is 3.64. The number of nitrogens with zero attached hydrogens (tertiary/aromatic N) is 2. The van der Waals surface area contributed by atoms with Gasteiger partial charge in [0, 0.05) is 18.7 Å². The molecule has 3 rings (SSSR count). The van der Waals surface area contributed by atoms with Crippen LogP contribution in [0.5, 0.6) is 0 Å². The van der Waals surface area contributed by atoms with Crippen LogP contribution in [-0.2, 0) is 26.2 Å². The van der Waals surface area contributed by atoms with Crippen molar-refractivity contribution in [1.29, 1.82) is 0 Å². The molecule has 10 heteroatoms. The lowest BCUT2D eigenvalue weighted by atomic mass is 10.1. The van der Waals surface area contributed by atoms with Gasteiger partial charge < -0.3 is 10.2 Å². The Morgan fingerprint density at radius 1 is 0.919 bits per heavy atom. The largest absolute Gasteiger partial charge is 0.354 e. The van der Waals surface area contributed by atoms with Crippen molar-refractivity contribution in [3.05, 3.63) is 96.1 Å². The normalized spacial score (nSPS) is 12.0. The Kier molecular flexibility index (Phi) is 9.35. The van der Waals surface area contributed by atoms with E-state index in [0.29, 0.717) is 13.0 Å². The van der Waals surface area contributed by atoms with E-state index in [1.807, 2.05) is 6.92 Å². The molecular formula is C27H29F2N3O4S. The van der Waals surface area contributed by atoms with Crippen molar-refractivity contribution in [3.8, 4) is 0 Å². The lowest BCUT2D eigenvalue weighted by molar-refractivity contribution is -0.139. The quantitative estimate of drug-likeness (QED) is 0.405. The number of carbonyl (C=O) groups is 2. The van der Waals surface area contributed by atoms with Crippen LogP contribution in [0.15, 0.2) is 83.8 Å². The fraction of sp³-hybridized carbons (Fsp3) is 0.259. The highest BCUT2D eigenvalue weighted by Gasteiger charge is 2.32. The van der Waals surface area contributed by atoms with Gasteiger partial charge in [-0.2, -0.15) is 0 Å². The first kappa shape index (κ1) is 27.8. The minimum absolute atomic E-state index is 0.0625. The van der Waals surface area contributed by atoms with Crippen LogP contribution in [0.2, 0.25) is 0 Å². The number of rotatable bonds is 11. The van der Waals surface area contributed by atoms with E-state index >= 15 is 0 Å². The lowest BCUT2D eigenvalue weighted by Gasteiger charge is -2.32. The maximum Gasteiger partial charge on any atom is 0.264 e. The van der Waals surface area contributed by atoms with Crippen LogP contribution in [0.25, 0.3) is 0 Å². The first-order valence-electron chi connectivity index (χ1n) is 11.8. The summed E-state index contributed by atoms with van der Waals surface area (Å²) in [5.41, 5.74) is 0.234. The molecule has 0 spiro atoms. The van der Waals surface area contributed by atoms with Gasteiger partial charge in [-0.25, -0.2) is 17.2 Å². The van der Waals surface area contributed by atoms with Gasteiger partial charge in [0.1, 0.15) is 24.2 Å². The molecule has 0 aliphatic rings. The molecule has 0 aromatic heterocycles. The summed E-state index contributed by atoms with van der Waals surface area (Å²) in [6.07, 6.45) is 0.674. The summed E-state index contributed by atoms with van der Waals surface area (Å²) in [4.78, 5) is 27.5. The van der Waals surface area contributed by atoms with E-state index in [2.05, 4.69) is 5.32 Å². The highest BCUT2D eigenvalue weighted by atomic mass is 32.2. The van der Waals surface area contributed by atoms with Crippen molar-refractivity contribution < 1.29 is 26.8 Å². The van der Waals surface area contributed by atoms with Crippen molar-refractivity contribution in [2.45, 2.75) is 37.8 Å². The van der Waals surface area contributed by atoms with Gasteiger partial charge in [0.15, 0.2) is 0 Å². The van der Waals surface area contributed by atoms with Gasteiger partial charge in [0.2, 0.25) is 11.8 Å². The zero-order valence-electron chi connectivity index (χ0n) is 20.6. The number of amides is 2. The molecule has 0 aliphatic heterocycles. The summed E-state index contributed by atoms with van der Waals surface area (Å²) in [5, 5.41) is 2.72. The number of hydrogen-bond donors (Lipinski definition) is 1. The van der Waals surface area contributed by atoms with Gasteiger partial charge in [-0.3, -0.25) is 13.9 Å². The van der Waals surface area contributed by atoms with Crippen molar-refractivity contribution in [3.63, 3.8) is 0 Å². The molecule has 0 saturated heterocycles. The second kappa shape index (κ2) is 12.4. The monoisotopic (exact) mass is 529 g/mol. The molecule has 2 amide bonds. The summed E-state index contributed by atoms with van der Waals surface area (Å²) in [7, 11) is -4.25. The molecule has 7 nitrogen and oxygen atoms in total. The Morgan fingerprint density at radius 2 is 1.54 bits per heavy atom. The van der Waals surface area contributed by atoms with E-state index in [0.717, 1.165) is 21.3 Å². The van der Waals surface area contributed by atoms with Gasteiger partial charge >= 0.3 is 0 Å². The fourth-order valence-corrected chi connectivity index (χ4v) is 5.08. The summed E-state index contributed by atoms with van der Waals surface area (Å²) in [6, 6.07) is 17.0. The van der Waals surface area contributed by atoms with E-state index in [4.69, 9.17) is 0 Å². The number of anilines is 1. The third kappa shape index (κ3) is 6.91. The molecule has 0 saturated carbocycles. The predicted molar refractivity (Wildman–Crippen MR) is 137 cm³/mol. The number of sulfonamides is 1. The van der Waals surface area contributed by atoms with E-state index in [1.165, 1.54) is 49.4 Å². The molecule has 1 atom stereocenters. The molecule has 1 N–H and O–H groups in total. The average Bonchev–Trinajstić information content (AvgIpc) is 2.90. The molecular weight excluding hydrogens is 500 g/mol. The molecule has 0 heterocycles. The molecule has 0 aliphatic carbocycles. The molecule has 0 fully saturated rings. The first-order chi connectivity index (χ1) is 17.6. The van der Waals surface area contributed by atoms with Crippen LogP contribution < -0.4 is 9.62 Å². The van der Waals surface area contributed by atoms with E-state index in [9.17, 15) is 26.8 Å². The molecule has 0 bridgehead atoms. The molecule has 0 radical (unpaired) electrons. The Hall–Kier alpha value is -3.79. The number of nitrogens with one attached hydrogen (secondary N) is 1. The highest BCUT2D eigenvalue weighted by molar-refractivity contribution is 7.92. The van der Waals surface area contributed by atoms with Crippen LogP contribution in [0.4, 0.5) is 14.5 Å². The number of halogens is 2. The first-order valence-corrected chi connectivity index (χ1v) is 13.2. The standard InChI is InChI=1S/C27H29F2N3O4S/c1-3-17-30-27(34)20(2)31(18-21-9-7-8-12-25(21)29)26(33)19-32(23-15-13-22(28)14-16-23)37(35,36)24-10-5-4-6-11-24/h4-16,20H,3,17-19H2,1-2H3,(H,30,34)/t20-/m0/s1. The van der Waals surface area contributed by atoms with Crippen LogP contribution in [0.1, 0.15) is 25.8 Å². The molecule has 0 unspecified atom stereocenters. The summed E-state index contributed by atoms with van der Waals surface area (Å²) in [6.45, 7) is 2.81. The average molecular weight is 530 g/mol. The number of carbonyl (C=O) groups excluding carboxylic acids is 2. The van der Waals surface area contributed by atoms with Crippen molar-refractivity contribution in [1.82, 2.24) is 10.2 Å². The maximum absolute atomic E-state index is 14.5. The van der Waals surface area contributed by atoms with Crippen molar-refractivity contribution in [2.24, 2.45) is 0 Å². The molecule has 3 aromatic rings. The third-order valence-electron chi connectivity index (χ3n) is 5.74. The summed E-state index contributed by atoms with van der Waals surface area (Å²) < 4.78 is 56.1. The summed E-state index contributed by atoms with van der Waals surface area (Å²) in [5.74, 6) is -2.32. The predicted octanol–water partition coefficient (Wildman–Crippen LogP) is 4.10. The van der Waals surface area contributed by atoms with Crippen LogP contribution in [0.3, 0.4) is 0 Å². The Balaban J connectivity index is 2.01. The number of benzene rings is 3. The lowest BCUT2D eigenvalue weighted by Crippen LogP contribution is -2.51. The SMILES string of the molecule is CCCNC(=O)[C@H](C)N(Cc1ccccc1F)C(=O)CN(c1ccc(F)cc1)S(=O)(=O)c1ccccc1. The Bertz CT molecular complexity index is 1320. The van der Waals surface area contributed by atoms with Crippen LogP contribution >= 0.6 is 0 Å². The third-order valence-corrected chi connectivity index (χ3v) is 7.53.